The highest BCUT2D eigenvalue weighted by atomic mass is 16.3. The van der Waals surface area contributed by atoms with E-state index in [0.29, 0.717) is 16.5 Å². The monoisotopic (exact) mass is 661 g/mol. The number of nitrogens with zero attached hydrogens (tertiary/aromatic N) is 3. The molecular weight excluding hydrogens is 627 g/mol. The van der Waals surface area contributed by atoms with Crippen molar-refractivity contribution in [2.75, 3.05) is 9.80 Å². The van der Waals surface area contributed by atoms with Crippen LogP contribution in [0.25, 0.3) is 38.5 Å². The number of hydrogen-bond acceptors (Lipinski definition) is 4. The summed E-state index contributed by atoms with van der Waals surface area (Å²) in [4.78, 5) is 17.6. The van der Waals surface area contributed by atoms with Crippen LogP contribution < -0.4 is 15.2 Å². The summed E-state index contributed by atoms with van der Waals surface area (Å²) in [7, 11) is 0. The number of benzene rings is 6. The number of aryl methyl sites for hydroxylation is 1. The minimum absolute atomic E-state index is 0.00548. The Labute approximate surface area is 296 Å². The Morgan fingerprint density at radius 1 is 0.588 bits per heavy atom. The highest BCUT2D eigenvalue weighted by molar-refractivity contribution is 6.12. The zero-order valence-corrected chi connectivity index (χ0v) is 28.2. The van der Waals surface area contributed by atoms with E-state index in [1.54, 1.807) is 13.2 Å². The molecule has 0 unspecified atom stereocenters. The molecule has 6 aromatic carbocycles. The molecule has 0 radical (unpaired) electrons. The summed E-state index contributed by atoms with van der Waals surface area (Å²) < 4.78 is 8.24. The van der Waals surface area contributed by atoms with Gasteiger partial charge in [-0.25, -0.2) is 0 Å². The van der Waals surface area contributed by atoms with Crippen molar-refractivity contribution in [3.63, 3.8) is 0 Å². The number of para-hydroxylation sites is 3. The second-order valence-corrected chi connectivity index (χ2v) is 13.0. The molecule has 0 bridgehead atoms. The zero-order chi connectivity index (χ0) is 34.3. The van der Waals surface area contributed by atoms with Gasteiger partial charge in [-0.2, -0.15) is 0 Å². The third-order valence-electron chi connectivity index (χ3n) is 9.76. The Kier molecular flexibility index (Phi) is 7.59. The first-order valence-corrected chi connectivity index (χ1v) is 17.4. The molecule has 2 heterocycles. The van der Waals surface area contributed by atoms with Crippen LogP contribution in [-0.4, -0.2) is 4.57 Å². The highest BCUT2D eigenvalue weighted by Crippen LogP contribution is 2.42. The average Bonchev–Trinajstić information content (AvgIpc) is 3.51. The number of hydrogen-bond donors (Lipinski definition) is 0. The Hall–Kier alpha value is -6.59. The molecule has 1 aliphatic rings. The maximum Gasteiger partial charge on any atom is 0.195 e. The van der Waals surface area contributed by atoms with Crippen LogP contribution in [0.15, 0.2) is 185 Å². The summed E-state index contributed by atoms with van der Waals surface area (Å²) in [6.07, 6.45) is 10.1. The molecule has 0 spiro atoms. The van der Waals surface area contributed by atoms with Gasteiger partial charge in [-0.1, -0.05) is 66.7 Å². The topological polar surface area (TPSA) is 41.6 Å². The van der Waals surface area contributed by atoms with E-state index in [1.807, 2.05) is 30.3 Å². The quantitative estimate of drug-likeness (QED) is 0.170. The van der Waals surface area contributed by atoms with Crippen LogP contribution in [0.1, 0.15) is 18.4 Å². The van der Waals surface area contributed by atoms with Gasteiger partial charge in [0.05, 0.1) is 22.7 Å². The van der Waals surface area contributed by atoms with E-state index < -0.39 is 0 Å². The van der Waals surface area contributed by atoms with Gasteiger partial charge < -0.3 is 18.8 Å². The fourth-order valence-electron chi connectivity index (χ4n) is 7.34. The van der Waals surface area contributed by atoms with Crippen molar-refractivity contribution in [1.29, 1.82) is 0 Å². The number of anilines is 5. The maximum absolute atomic E-state index is 12.9. The summed E-state index contributed by atoms with van der Waals surface area (Å²) in [6, 6.07) is 51.0. The first-order chi connectivity index (χ1) is 25.1. The summed E-state index contributed by atoms with van der Waals surface area (Å²) >= 11 is 0. The molecule has 5 heteroatoms. The van der Waals surface area contributed by atoms with Gasteiger partial charge in [0.25, 0.3) is 0 Å². The van der Waals surface area contributed by atoms with E-state index in [0.717, 1.165) is 68.8 Å². The van der Waals surface area contributed by atoms with E-state index in [1.165, 1.54) is 5.70 Å². The molecule has 9 rings (SSSR count). The third-order valence-corrected chi connectivity index (χ3v) is 9.76. The molecule has 0 aliphatic heterocycles. The maximum atomic E-state index is 12.9. The molecule has 0 saturated carbocycles. The first-order valence-electron chi connectivity index (χ1n) is 17.4. The van der Waals surface area contributed by atoms with Gasteiger partial charge in [0, 0.05) is 62.2 Å². The van der Waals surface area contributed by atoms with Crippen LogP contribution >= 0.6 is 0 Å². The zero-order valence-electron chi connectivity index (χ0n) is 28.2. The molecular formula is C46H35N3O2. The van der Waals surface area contributed by atoms with Gasteiger partial charge in [0.15, 0.2) is 5.43 Å². The van der Waals surface area contributed by atoms with Crippen molar-refractivity contribution in [3.05, 3.63) is 192 Å². The fourth-order valence-corrected chi connectivity index (χ4v) is 7.34. The van der Waals surface area contributed by atoms with Crippen molar-refractivity contribution < 1.29 is 4.42 Å². The van der Waals surface area contributed by atoms with Gasteiger partial charge in [-0.05, 0) is 111 Å². The van der Waals surface area contributed by atoms with Crippen molar-refractivity contribution in [2.45, 2.75) is 19.8 Å². The molecule has 51 heavy (non-hydrogen) atoms. The molecule has 0 N–H and O–H groups in total. The van der Waals surface area contributed by atoms with Crippen LogP contribution in [0.4, 0.5) is 28.4 Å². The van der Waals surface area contributed by atoms with Gasteiger partial charge in [0.2, 0.25) is 0 Å². The molecule has 8 aromatic rings. The van der Waals surface area contributed by atoms with E-state index in [-0.39, 0.29) is 5.43 Å². The molecule has 0 saturated heterocycles. The second kappa shape index (κ2) is 12.7. The molecule has 0 amide bonds. The van der Waals surface area contributed by atoms with Crippen LogP contribution in [0.3, 0.4) is 0 Å². The fraction of sp³-hybridized carbons (Fsp3) is 0.0652. The van der Waals surface area contributed by atoms with Gasteiger partial charge in [-0.3, -0.25) is 4.79 Å². The predicted molar refractivity (Wildman–Crippen MR) is 211 cm³/mol. The summed E-state index contributed by atoms with van der Waals surface area (Å²) in [5.41, 5.74) is 10.9. The Bertz CT molecular complexity index is 2630. The minimum Gasteiger partial charge on any atom is -0.464 e. The van der Waals surface area contributed by atoms with Gasteiger partial charge >= 0.3 is 0 Å². The molecule has 2 aromatic heterocycles. The van der Waals surface area contributed by atoms with Crippen LogP contribution in [-0.2, 0) is 0 Å². The van der Waals surface area contributed by atoms with E-state index >= 15 is 0 Å². The lowest BCUT2D eigenvalue weighted by Crippen LogP contribution is -2.17. The Morgan fingerprint density at radius 2 is 1.16 bits per heavy atom. The normalized spacial score (nSPS) is 12.8. The van der Waals surface area contributed by atoms with E-state index in [2.05, 4.69) is 148 Å². The smallest absolute Gasteiger partial charge is 0.195 e. The Balaban J connectivity index is 1.31. The lowest BCUT2D eigenvalue weighted by molar-refractivity contribution is 0.597. The lowest BCUT2D eigenvalue weighted by Gasteiger charge is -2.29. The molecule has 5 nitrogen and oxygen atoms in total. The van der Waals surface area contributed by atoms with Crippen molar-refractivity contribution in [2.24, 2.45) is 0 Å². The molecule has 1 aliphatic carbocycles. The number of rotatable bonds is 7. The van der Waals surface area contributed by atoms with Crippen molar-refractivity contribution in [3.8, 4) is 5.69 Å². The van der Waals surface area contributed by atoms with Crippen LogP contribution in [0, 0.1) is 6.92 Å². The van der Waals surface area contributed by atoms with Crippen molar-refractivity contribution in [1.82, 2.24) is 4.57 Å². The van der Waals surface area contributed by atoms with Crippen LogP contribution in [0.2, 0.25) is 0 Å². The Morgan fingerprint density at radius 3 is 1.73 bits per heavy atom. The predicted octanol–water partition coefficient (Wildman–Crippen LogP) is 12.0. The number of allylic oxidation sites excluding steroid dienone is 4. The SMILES string of the molecule is Cc1coc2cc(-n3c4ccc(N(C5=CC=CCC5)c5ccccc5)cc4c4cc(N(c5ccccc5)c5ccccc5)ccc43)ccc2c1=O. The molecule has 246 valence electrons. The van der Waals surface area contributed by atoms with Crippen molar-refractivity contribution >= 4 is 61.2 Å². The van der Waals surface area contributed by atoms with E-state index in [9.17, 15) is 4.79 Å². The minimum atomic E-state index is -0.00548. The highest BCUT2D eigenvalue weighted by Gasteiger charge is 2.21. The number of aromatic nitrogens is 1. The summed E-state index contributed by atoms with van der Waals surface area (Å²) in [5, 5.41) is 2.83. The average molecular weight is 662 g/mol. The van der Waals surface area contributed by atoms with E-state index in [4.69, 9.17) is 4.42 Å². The molecule has 0 atom stereocenters. The summed E-state index contributed by atoms with van der Waals surface area (Å²) in [5.74, 6) is 0. The lowest BCUT2D eigenvalue weighted by atomic mass is 10.1. The second-order valence-electron chi connectivity index (χ2n) is 13.0. The summed E-state index contributed by atoms with van der Waals surface area (Å²) in [6.45, 7) is 1.79. The number of fused-ring (bicyclic) bond motifs is 4. The van der Waals surface area contributed by atoms with Gasteiger partial charge in [-0.15, -0.1) is 0 Å². The molecule has 0 fully saturated rings. The van der Waals surface area contributed by atoms with Gasteiger partial charge in [0.1, 0.15) is 5.58 Å². The largest absolute Gasteiger partial charge is 0.464 e. The standard InChI is InChI=1S/C46H35N3O2/c1-32-31-51-45-30-39(22-25-40(45)46(32)50)49-43-26-23-37(47(33-14-6-2-7-15-33)34-16-8-3-9-17-34)28-41(43)42-29-38(24-27-44(42)49)48(35-18-10-4-11-19-35)36-20-12-5-13-21-36/h2-12,14-20,22-31H,13,21H2,1H3. The van der Waals surface area contributed by atoms with Crippen LogP contribution in [0.5, 0.6) is 0 Å². The third kappa shape index (κ3) is 5.40. The first kappa shape index (κ1) is 30.5.